The summed E-state index contributed by atoms with van der Waals surface area (Å²) in [6.07, 6.45) is 1.05. The topological polar surface area (TPSA) is 49.0 Å². The van der Waals surface area contributed by atoms with E-state index in [9.17, 15) is 4.79 Å². The molecule has 0 bridgehead atoms. The minimum atomic E-state index is -0.0987. The van der Waals surface area contributed by atoms with E-state index in [-0.39, 0.29) is 5.56 Å². The molecule has 0 fully saturated rings. The SMILES string of the molecule is CC(C)c1cccc2c1CCN(Cc1cc(=O)[nH]c(-c3ccccc3)n1)C2. The van der Waals surface area contributed by atoms with Crippen LogP contribution in [-0.4, -0.2) is 21.4 Å². The van der Waals surface area contributed by atoms with E-state index in [0.717, 1.165) is 30.8 Å². The number of fused-ring (bicyclic) bond motifs is 1. The number of aromatic amines is 1. The Labute approximate surface area is 159 Å². The molecule has 1 aromatic heterocycles. The molecule has 4 heteroatoms. The zero-order chi connectivity index (χ0) is 18.8. The molecule has 0 saturated heterocycles. The van der Waals surface area contributed by atoms with Crippen molar-refractivity contribution in [2.45, 2.75) is 39.3 Å². The molecule has 2 heterocycles. The third-order valence-electron chi connectivity index (χ3n) is 5.23. The van der Waals surface area contributed by atoms with E-state index in [1.54, 1.807) is 6.07 Å². The van der Waals surface area contributed by atoms with Crippen molar-refractivity contribution < 1.29 is 0 Å². The van der Waals surface area contributed by atoms with Crippen molar-refractivity contribution in [2.24, 2.45) is 0 Å². The summed E-state index contributed by atoms with van der Waals surface area (Å²) in [5.74, 6) is 1.19. The number of hydrogen-bond donors (Lipinski definition) is 1. The van der Waals surface area contributed by atoms with Crippen LogP contribution in [0.25, 0.3) is 11.4 Å². The van der Waals surface area contributed by atoms with Crippen LogP contribution in [0.4, 0.5) is 0 Å². The smallest absolute Gasteiger partial charge is 0.251 e. The number of aromatic nitrogens is 2. The normalized spacial score (nSPS) is 14.3. The summed E-state index contributed by atoms with van der Waals surface area (Å²) in [4.78, 5) is 22.1. The maximum Gasteiger partial charge on any atom is 0.251 e. The predicted octanol–water partition coefficient (Wildman–Crippen LogP) is 4.12. The maximum atomic E-state index is 12.1. The van der Waals surface area contributed by atoms with Gasteiger partial charge >= 0.3 is 0 Å². The molecule has 0 atom stereocenters. The maximum absolute atomic E-state index is 12.1. The molecule has 4 nitrogen and oxygen atoms in total. The lowest BCUT2D eigenvalue weighted by Crippen LogP contribution is -2.31. The first-order valence-corrected chi connectivity index (χ1v) is 9.59. The van der Waals surface area contributed by atoms with Gasteiger partial charge in [0.1, 0.15) is 5.82 Å². The third kappa shape index (κ3) is 3.86. The van der Waals surface area contributed by atoms with Crippen molar-refractivity contribution in [3.05, 3.63) is 87.3 Å². The van der Waals surface area contributed by atoms with Gasteiger partial charge in [-0.2, -0.15) is 0 Å². The summed E-state index contributed by atoms with van der Waals surface area (Å²) in [6, 6.07) is 18.1. The Bertz CT molecular complexity index is 992. The highest BCUT2D eigenvalue weighted by Gasteiger charge is 2.20. The van der Waals surface area contributed by atoms with Gasteiger partial charge in [-0.15, -0.1) is 0 Å². The number of nitrogens with zero attached hydrogens (tertiary/aromatic N) is 2. The van der Waals surface area contributed by atoms with Crippen LogP contribution in [-0.2, 0) is 19.5 Å². The highest BCUT2D eigenvalue weighted by molar-refractivity contribution is 5.54. The van der Waals surface area contributed by atoms with Crippen LogP contribution in [0.5, 0.6) is 0 Å². The molecule has 138 valence electrons. The van der Waals surface area contributed by atoms with E-state index in [4.69, 9.17) is 4.98 Å². The van der Waals surface area contributed by atoms with Crippen LogP contribution in [0.2, 0.25) is 0 Å². The Morgan fingerprint density at radius 1 is 1.11 bits per heavy atom. The van der Waals surface area contributed by atoms with Gasteiger partial charge in [0.25, 0.3) is 5.56 Å². The molecule has 2 aromatic carbocycles. The van der Waals surface area contributed by atoms with Crippen LogP contribution in [0.3, 0.4) is 0 Å². The Kier molecular flexibility index (Phi) is 4.90. The van der Waals surface area contributed by atoms with Gasteiger partial charge in [-0.3, -0.25) is 9.69 Å². The number of benzene rings is 2. The van der Waals surface area contributed by atoms with Crippen LogP contribution >= 0.6 is 0 Å². The van der Waals surface area contributed by atoms with Gasteiger partial charge in [0.05, 0.1) is 5.69 Å². The number of rotatable bonds is 4. The fourth-order valence-corrected chi connectivity index (χ4v) is 3.92. The Morgan fingerprint density at radius 2 is 1.93 bits per heavy atom. The van der Waals surface area contributed by atoms with Crippen LogP contribution in [0.15, 0.2) is 59.4 Å². The van der Waals surface area contributed by atoms with E-state index in [1.165, 1.54) is 16.7 Å². The highest BCUT2D eigenvalue weighted by Crippen LogP contribution is 2.28. The molecular weight excluding hydrogens is 334 g/mol. The molecule has 0 saturated carbocycles. The molecule has 27 heavy (non-hydrogen) atoms. The molecule has 3 aromatic rings. The second-order valence-electron chi connectivity index (χ2n) is 7.55. The van der Waals surface area contributed by atoms with Crippen molar-refractivity contribution >= 4 is 0 Å². The second kappa shape index (κ2) is 7.49. The lowest BCUT2D eigenvalue weighted by Gasteiger charge is -2.30. The fourth-order valence-electron chi connectivity index (χ4n) is 3.92. The molecule has 0 spiro atoms. The molecule has 0 radical (unpaired) electrons. The van der Waals surface area contributed by atoms with Crippen LogP contribution in [0.1, 0.15) is 42.1 Å². The Morgan fingerprint density at radius 3 is 2.70 bits per heavy atom. The zero-order valence-corrected chi connectivity index (χ0v) is 15.9. The minimum Gasteiger partial charge on any atom is -0.307 e. The average Bonchev–Trinajstić information content (AvgIpc) is 2.67. The van der Waals surface area contributed by atoms with Gasteiger partial charge in [0.15, 0.2) is 0 Å². The molecule has 1 aliphatic rings. The van der Waals surface area contributed by atoms with E-state index < -0.39 is 0 Å². The van der Waals surface area contributed by atoms with Crippen molar-refractivity contribution in [1.82, 2.24) is 14.9 Å². The summed E-state index contributed by atoms with van der Waals surface area (Å²) in [7, 11) is 0. The standard InChI is InChI=1S/C23H25N3O/c1-16(2)20-10-6-9-18-14-26(12-11-21(18)20)15-19-13-22(27)25-23(24-19)17-7-4-3-5-8-17/h3-10,13,16H,11-12,14-15H2,1-2H3,(H,24,25,27). The van der Waals surface area contributed by atoms with Gasteiger partial charge in [0.2, 0.25) is 0 Å². The molecule has 1 N–H and O–H groups in total. The average molecular weight is 359 g/mol. The second-order valence-corrected chi connectivity index (χ2v) is 7.55. The summed E-state index contributed by atoms with van der Waals surface area (Å²) in [5.41, 5.74) is 6.03. The Hall–Kier alpha value is -2.72. The highest BCUT2D eigenvalue weighted by atomic mass is 16.1. The van der Waals surface area contributed by atoms with E-state index in [2.05, 4.69) is 41.9 Å². The number of hydrogen-bond acceptors (Lipinski definition) is 3. The van der Waals surface area contributed by atoms with E-state index in [1.807, 2.05) is 30.3 Å². The van der Waals surface area contributed by atoms with Crippen molar-refractivity contribution in [1.29, 1.82) is 0 Å². The molecule has 0 aliphatic carbocycles. The van der Waals surface area contributed by atoms with Gasteiger partial charge in [-0.05, 0) is 29.0 Å². The zero-order valence-electron chi connectivity index (χ0n) is 15.9. The predicted molar refractivity (Wildman–Crippen MR) is 109 cm³/mol. The van der Waals surface area contributed by atoms with Crippen LogP contribution in [0, 0.1) is 0 Å². The molecule has 0 amide bonds. The first-order valence-electron chi connectivity index (χ1n) is 9.59. The largest absolute Gasteiger partial charge is 0.307 e. The van der Waals surface area contributed by atoms with Crippen LogP contribution < -0.4 is 5.56 Å². The Balaban J connectivity index is 1.57. The number of nitrogens with one attached hydrogen (secondary N) is 1. The summed E-state index contributed by atoms with van der Waals surface area (Å²) < 4.78 is 0. The van der Waals surface area contributed by atoms with Crippen molar-refractivity contribution in [3.63, 3.8) is 0 Å². The fraction of sp³-hybridized carbons (Fsp3) is 0.304. The van der Waals surface area contributed by atoms with E-state index in [0.29, 0.717) is 18.3 Å². The van der Waals surface area contributed by atoms with Gasteiger partial charge in [-0.25, -0.2) is 4.98 Å². The van der Waals surface area contributed by atoms with E-state index >= 15 is 0 Å². The van der Waals surface area contributed by atoms with Gasteiger partial charge in [0, 0.05) is 31.3 Å². The lowest BCUT2D eigenvalue weighted by atomic mass is 9.89. The summed E-state index contributed by atoms with van der Waals surface area (Å²) in [5, 5.41) is 0. The molecule has 0 unspecified atom stereocenters. The van der Waals surface area contributed by atoms with Gasteiger partial charge < -0.3 is 4.98 Å². The van der Waals surface area contributed by atoms with Crippen molar-refractivity contribution in [2.75, 3.05) is 6.54 Å². The lowest BCUT2D eigenvalue weighted by molar-refractivity contribution is 0.242. The first-order chi connectivity index (χ1) is 13.1. The first kappa shape index (κ1) is 17.7. The molecule has 1 aliphatic heterocycles. The third-order valence-corrected chi connectivity index (χ3v) is 5.23. The quantitative estimate of drug-likeness (QED) is 0.762. The summed E-state index contributed by atoms with van der Waals surface area (Å²) >= 11 is 0. The number of H-pyrrole nitrogens is 1. The van der Waals surface area contributed by atoms with Crippen molar-refractivity contribution in [3.8, 4) is 11.4 Å². The minimum absolute atomic E-state index is 0.0987. The molecular formula is C23H25N3O. The summed E-state index contributed by atoms with van der Waals surface area (Å²) in [6.45, 7) is 7.10. The monoisotopic (exact) mass is 359 g/mol. The van der Waals surface area contributed by atoms with Gasteiger partial charge in [-0.1, -0.05) is 62.4 Å². The molecule has 4 rings (SSSR count).